The van der Waals surface area contributed by atoms with Crippen molar-refractivity contribution in [2.75, 3.05) is 0 Å². The normalized spacial score (nSPS) is 14.1. The van der Waals surface area contributed by atoms with Crippen LogP contribution in [0, 0.1) is 0 Å². The number of benzene rings is 5. The molecule has 1 aliphatic carbocycles. The molecule has 1 aliphatic rings. The maximum atomic E-state index is 2.39. The lowest BCUT2D eigenvalue weighted by molar-refractivity contribution is 1.02. The third-order valence-electron chi connectivity index (χ3n) is 6.36. The molecule has 146 valence electrons. The maximum Gasteiger partial charge on any atom is 0.0358 e. The molecule has 0 bridgehead atoms. The summed E-state index contributed by atoms with van der Waals surface area (Å²) in [4.78, 5) is 0. The standard InChI is InChI=1S/C31H22/c1-4-12-22(13-5-1)25-20-28(23-14-6-2-7-15-23)31-29(21-25)26-18-10-11-19-27(26)30(31)24-16-8-3-9-17-24/h1-21,30H. The van der Waals surface area contributed by atoms with E-state index in [-0.39, 0.29) is 5.92 Å². The van der Waals surface area contributed by atoms with E-state index in [2.05, 4.69) is 127 Å². The second kappa shape index (κ2) is 7.41. The molecule has 0 N–H and O–H groups in total. The summed E-state index contributed by atoms with van der Waals surface area (Å²) in [7, 11) is 0. The molecule has 0 aromatic heterocycles. The van der Waals surface area contributed by atoms with Gasteiger partial charge in [-0.3, -0.25) is 0 Å². The minimum Gasteiger partial charge on any atom is -0.0622 e. The van der Waals surface area contributed by atoms with Crippen LogP contribution >= 0.6 is 0 Å². The molecule has 0 amide bonds. The second-order valence-electron chi connectivity index (χ2n) is 8.15. The molecular weight excluding hydrogens is 372 g/mol. The Labute approximate surface area is 183 Å². The Balaban J connectivity index is 1.70. The molecule has 0 aliphatic heterocycles. The fourth-order valence-electron chi connectivity index (χ4n) is 4.98. The van der Waals surface area contributed by atoms with Gasteiger partial charge in [0.15, 0.2) is 0 Å². The van der Waals surface area contributed by atoms with Crippen molar-refractivity contribution in [2.45, 2.75) is 5.92 Å². The average molecular weight is 395 g/mol. The zero-order chi connectivity index (χ0) is 20.6. The lowest BCUT2D eigenvalue weighted by Gasteiger charge is -2.19. The molecule has 0 radical (unpaired) electrons. The van der Waals surface area contributed by atoms with E-state index in [4.69, 9.17) is 0 Å². The highest BCUT2D eigenvalue weighted by atomic mass is 14.3. The van der Waals surface area contributed by atoms with E-state index in [0.29, 0.717) is 0 Å². The van der Waals surface area contributed by atoms with Gasteiger partial charge in [-0.1, -0.05) is 115 Å². The summed E-state index contributed by atoms with van der Waals surface area (Å²) in [6, 6.07) is 46.1. The van der Waals surface area contributed by atoms with E-state index in [0.717, 1.165) is 0 Å². The molecule has 5 aromatic carbocycles. The molecule has 0 nitrogen and oxygen atoms in total. The quantitative estimate of drug-likeness (QED) is 0.284. The van der Waals surface area contributed by atoms with Gasteiger partial charge in [0.1, 0.15) is 0 Å². The highest BCUT2D eigenvalue weighted by Gasteiger charge is 2.32. The van der Waals surface area contributed by atoms with Crippen LogP contribution in [-0.4, -0.2) is 0 Å². The van der Waals surface area contributed by atoms with Crippen molar-refractivity contribution in [3.8, 4) is 33.4 Å². The summed E-state index contributed by atoms with van der Waals surface area (Å²) in [5, 5.41) is 0. The minimum absolute atomic E-state index is 0.243. The van der Waals surface area contributed by atoms with Gasteiger partial charge in [0, 0.05) is 5.92 Å². The first kappa shape index (κ1) is 17.9. The van der Waals surface area contributed by atoms with Crippen molar-refractivity contribution < 1.29 is 0 Å². The summed E-state index contributed by atoms with van der Waals surface area (Å²) in [6.07, 6.45) is 0. The van der Waals surface area contributed by atoms with Gasteiger partial charge in [0.05, 0.1) is 0 Å². The molecule has 0 spiro atoms. The van der Waals surface area contributed by atoms with Crippen molar-refractivity contribution >= 4 is 0 Å². The fourth-order valence-corrected chi connectivity index (χ4v) is 4.98. The molecule has 0 heterocycles. The van der Waals surface area contributed by atoms with E-state index < -0.39 is 0 Å². The van der Waals surface area contributed by atoms with Crippen LogP contribution < -0.4 is 0 Å². The largest absolute Gasteiger partial charge is 0.0622 e. The van der Waals surface area contributed by atoms with Gasteiger partial charge in [-0.2, -0.15) is 0 Å². The lowest BCUT2D eigenvalue weighted by Crippen LogP contribution is -2.01. The van der Waals surface area contributed by atoms with Gasteiger partial charge in [0.2, 0.25) is 0 Å². The van der Waals surface area contributed by atoms with Crippen molar-refractivity contribution in [3.63, 3.8) is 0 Å². The van der Waals surface area contributed by atoms with Gasteiger partial charge in [-0.25, -0.2) is 0 Å². The molecule has 1 unspecified atom stereocenters. The molecule has 0 fully saturated rings. The number of hydrogen-bond acceptors (Lipinski definition) is 0. The van der Waals surface area contributed by atoms with Crippen LogP contribution in [0.5, 0.6) is 0 Å². The van der Waals surface area contributed by atoms with Crippen molar-refractivity contribution in [2.24, 2.45) is 0 Å². The molecule has 5 aromatic rings. The monoisotopic (exact) mass is 394 g/mol. The fraction of sp³-hybridized carbons (Fsp3) is 0.0323. The van der Waals surface area contributed by atoms with Crippen LogP contribution in [0.3, 0.4) is 0 Å². The third kappa shape index (κ3) is 3.00. The summed E-state index contributed by atoms with van der Waals surface area (Å²) in [5.41, 5.74) is 12.0. The van der Waals surface area contributed by atoms with E-state index in [9.17, 15) is 0 Å². The summed E-state index contributed by atoms with van der Waals surface area (Å²) in [5.74, 6) is 0.243. The molecule has 0 saturated heterocycles. The Morgan fingerprint density at radius 1 is 0.387 bits per heavy atom. The van der Waals surface area contributed by atoms with Crippen LogP contribution in [0.2, 0.25) is 0 Å². The maximum absolute atomic E-state index is 2.39. The first-order chi connectivity index (χ1) is 15.4. The van der Waals surface area contributed by atoms with Crippen LogP contribution in [0.1, 0.15) is 22.6 Å². The molecule has 1 atom stereocenters. The van der Waals surface area contributed by atoms with E-state index in [1.165, 1.54) is 50.1 Å². The summed E-state index contributed by atoms with van der Waals surface area (Å²) >= 11 is 0. The van der Waals surface area contributed by atoms with Crippen LogP contribution in [0.25, 0.3) is 33.4 Å². The third-order valence-corrected chi connectivity index (χ3v) is 6.36. The van der Waals surface area contributed by atoms with Crippen LogP contribution in [0.15, 0.2) is 127 Å². The zero-order valence-corrected chi connectivity index (χ0v) is 17.2. The first-order valence-electron chi connectivity index (χ1n) is 10.8. The lowest BCUT2D eigenvalue weighted by atomic mass is 9.83. The van der Waals surface area contributed by atoms with Crippen molar-refractivity contribution in [1.82, 2.24) is 0 Å². The Morgan fingerprint density at radius 3 is 1.65 bits per heavy atom. The van der Waals surface area contributed by atoms with Gasteiger partial charge < -0.3 is 0 Å². The van der Waals surface area contributed by atoms with Gasteiger partial charge in [0.25, 0.3) is 0 Å². The predicted molar refractivity (Wildman–Crippen MR) is 130 cm³/mol. The predicted octanol–water partition coefficient (Wildman–Crippen LogP) is 8.18. The molecule has 31 heavy (non-hydrogen) atoms. The van der Waals surface area contributed by atoms with E-state index in [1.54, 1.807) is 0 Å². The minimum atomic E-state index is 0.243. The van der Waals surface area contributed by atoms with E-state index >= 15 is 0 Å². The van der Waals surface area contributed by atoms with Crippen LogP contribution in [0.4, 0.5) is 0 Å². The van der Waals surface area contributed by atoms with Gasteiger partial charge >= 0.3 is 0 Å². The molecular formula is C31H22. The SMILES string of the molecule is c1ccc(-c2cc(-c3ccccc3)c3c(c2)-c2ccccc2C3c2ccccc2)cc1. The Kier molecular flexibility index (Phi) is 4.28. The number of hydrogen-bond donors (Lipinski definition) is 0. The topological polar surface area (TPSA) is 0 Å². The highest BCUT2D eigenvalue weighted by molar-refractivity contribution is 5.91. The second-order valence-corrected chi connectivity index (χ2v) is 8.15. The molecule has 6 rings (SSSR count). The Hall–Kier alpha value is -3.90. The average Bonchev–Trinajstić information content (AvgIpc) is 3.19. The smallest absolute Gasteiger partial charge is 0.0358 e. The van der Waals surface area contributed by atoms with Crippen molar-refractivity contribution in [3.05, 3.63) is 144 Å². The van der Waals surface area contributed by atoms with Crippen molar-refractivity contribution in [1.29, 1.82) is 0 Å². The number of fused-ring (bicyclic) bond motifs is 3. The molecule has 0 heteroatoms. The molecule has 0 saturated carbocycles. The first-order valence-corrected chi connectivity index (χ1v) is 10.8. The Morgan fingerprint density at radius 2 is 0.935 bits per heavy atom. The van der Waals surface area contributed by atoms with E-state index in [1.807, 2.05) is 0 Å². The van der Waals surface area contributed by atoms with Gasteiger partial charge in [-0.05, 0) is 62.2 Å². The van der Waals surface area contributed by atoms with Crippen LogP contribution in [-0.2, 0) is 0 Å². The van der Waals surface area contributed by atoms with Gasteiger partial charge in [-0.15, -0.1) is 0 Å². The zero-order valence-electron chi connectivity index (χ0n) is 17.2. The summed E-state index contributed by atoms with van der Waals surface area (Å²) < 4.78 is 0. The number of rotatable bonds is 3. The highest BCUT2D eigenvalue weighted by Crippen LogP contribution is 2.52. The Bertz CT molecular complexity index is 1350. The summed E-state index contributed by atoms with van der Waals surface area (Å²) in [6.45, 7) is 0.